The molecule has 2 aliphatic heterocycles. The molecule has 1 unspecified atom stereocenters. The zero-order valence-electron chi connectivity index (χ0n) is 14.2. The van der Waals surface area contributed by atoms with E-state index in [2.05, 4.69) is 25.7 Å². The van der Waals surface area contributed by atoms with Crippen LogP contribution in [0.1, 0.15) is 43.4 Å². The summed E-state index contributed by atoms with van der Waals surface area (Å²) in [5, 5.41) is 10.2. The number of likely N-dealkylation sites (N-methyl/N-ethyl adjacent to an activating group) is 1. The number of nitrogens with zero attached hydrogens (tertiary/aromatic N) is 4. The lowest BCUT2D eigenvalue weighted by Gasteiger charge is -2.30. The molecule has 1 spiro atoms. The Balaban J connectivity index is 0.00000182. The Bertz CT molecular complexity index is 659. The van der Waals surface area contributed by atoms with Crippen molar-refractivity contribution in [2.75, 3.05) is 26.7 Å². The molecule has 1 aromatic rings. The normalized spacial score (nSPS) is 26.1. The quantitative estimate of drug-likeness (QED) is 0.743. The van der Waals surface area contributed by atoms with Crippen molar-refractivity contribution >= 4 is 24.3 Å². The number of aromatic nitrogens is 2. The highest BCUT2D eigenvalue weighted by molar-refractivity contribution is 6.07. The van der Waals surface area contributed by atoms with Crippen molar-refractivity contribution < 1.29 is 14.1 Å². The molecule has 1 aromatic heterocycles. The highest BCUT2D eigenvalue weighted by atomic mass is 35.5. The van der Waals surface area contributed by atoms with Crippen molar-refractivity contribution in [3.8, 4) is 0 Å². The van der Waals surface area contributed by atoms with Crippen LogP contribution in [-0.4, -0.2) is 64.1 Å². The van der Waals surface area contributed by atoms with Crippen molar-refractivity contribution in [1.82, 2.24) is 30.6 Å². The molecule has 3 aliphatic rings. The van der Waals surface area contributed by atoms with Gasteiger partial charge in [-0.1, -0.05) is 18.0 Å². The lowest BCUT2D eigenvalue weighted by molar-refractivity contribution is -0.131. The molecule has 0 bridgehead atoms. The zero-order chi connectivity index (χ0) is 16.7. The van der Waals surface area contributed by atoms with Crippen molar-refractivity contribution in [3.05, 3.63) is 11.7 Å². The molecule has 1 atom stereocenters. The molecule has 1 aliphatic carbocycles. The molecule has 138 valence electrons. The number of carbonyl (C=O) groups excluding carboxylic acids is 2. The summed E-state index contributed by atoms with van der Waals surface area (Å²) in [6, 6.07) is -0.321. The van der Waals surface area contributed by atoms with Crippen LogP contribution in [0.15, 0.2) is 4.52 Å². The summed E-state index contributed by atoms with van der Waals surface area (Å²) in [6.07, 6.45) is 3.35. The van der Waals surface area contributed by atoms with E-state index >= 15 is 0 Å². The summed E-state index contributed by atoms with van der Waals surface area (Å²) < 4.78 is 5.29. The van der Waals surface area contributed by atoms with Gasteiger partial charge in [0.2, 0.25) is 5.89 Å². The second-order valence-electron chi connectivity index (χ2n) is 6.86. The fourth-order valence-electron chi connectivity index (χ4n) is 3.83. The van der Waals surface area contributed by atoms with Gasteiger partial charge in [-0.05, 0) is 19.9 Å². The molecule has 25 heavy (non-hydrogen) atoms. The van der Waals surface area contributed by atoms with E-state index in [4.69, 9.17) is 4.52 Å². The van der Waals surface area contributed by atoms with Gasteiger partial charge in [0, 0.05) is 19.6 Å². The summed E-state index contributed by atoms with van der Waals surface area (Å²) >= 11 is 0. The summed E-state index contributed by atoms with van der Waals surface area (Å²) in [5.41, 5.74) is -0.701. The van der Waals surface area contributed by atoms with Crippen molar-refractivity contribution in [1.29, 1.82) is 0 Å². The summed E-state index contributed by atoms with van der Waals surface area (Å²) in [5.74, 6) is 0.714. The van der Waals surface area contributed by atoms with Gasteiger partial charge >= 0.3 is 6.03 Å². The number of amides is 3. The average Bonchev–Trinajstić information content (AvgIpc) is 3.26. The van der Waals surface area contributed by atoms with Crippen LogP contribution in [0.25, 0.3) is 0 Å². The van der Waals surface area contributed by atoms with E-state index in [-0.39, 0.29) is 36.9 Å². The Labute approximate surface area is 151 Å². The van der Waals surface area contributed by atoms with E-state index in [0.717, 1.165) is 32.5 Å². The Morgan fingerprint density at radius 1 is 1.32 bits per heavy atom. The molecule has 3 amide bonds. The molecule has 3 fully saturated rings. The minimum atomic E-state index is -0.701. The number of hydrogen-bond acceptors (Lipinski definition) is 7. The van der Waals surface area contributed by atoms with E-state index in [1.54, 1.807) is 0 Å². The first-order valence-electron chi connectivity index (χ1n) is 8.47. The fraction of sp³-hybridized carbons (Fsp3) is 0.733. The molecule has 2 N–H and O–H groups in total. The molecule has 2 saturated heterocycles. The molecule has 9 nitrogen and oxygen atoms in total. The van der Waals surface area contributed by atoms with E-state index in [1.165, 1.54) is 4.90 Å². The number of imide groups is 1. The van der Waals surface area contributed by atoms with Crippen LogP contribution in [0.2, 0.25) is 0 Å². The van der Waals surface area contributed by atoms with E-state index in [1.807, 2.05) is 7.05 Å². The summed E-state index contributed by atoms with van der Waals surface area (Å²) in [6.45, 7) is 2.62. The number of halogens is 1. The van der Waals surface area contributed by atoms with Gasteiger partial charge in [-0.25, -0.2) is 4.79 Å². The topological polar surface area (TPSA) is 104 Å². The SMILES string of the molecule is CN1CCNCC1c1noc(CN2C(=O)NC3(CCCC3)C2=O)n1.Cl. The predicted octanol–water partition coefficient (Wildman–Crippen LogP) is 0.432. The first-order chi connectivity index (χ1) is 11.6. The van der Waals surface area contributed by atoms with Crippen LogP contribution in [0.3, 0.4) is 0 Å². The van der Waals surface area contributed by atoms with Gasteiger partial charge in [0.1, 0.15) is 12.1 Å². The number of nitrogens with one attached hydrogen (secondary N) is 2. The van der Waals surface area contributed by atoms with Crippen LogP contribution in [-0.2, 0) is 11.3 Å². The van der Waals surface area contributed by atoms with Gasteiger partial charge in [0.15, 0.2) is 5.82 Å². The Kier molecular flexibility index (Phi) is 4.99. The number of carbonyl (C=O) groups is 2. The van der Waals surface area contributed by atoms with E-state index in [9.17, 15) is 9.59 Å². The maximum atomic E-state index is 12.6. The Morgan fingerprint density at radius 3 is 2.80 bits per heavy atom. The van der Waals surface area contributed by atoms with E-state index in [0.29, 0.717) is 24.6 Å². The Morgan fingerprint density at radius 2 is 2.08 bits per heavy atom. The van der Waals surface area contributed by atoms with Crippen LogP contribution in [0, 0.1) is 0 Å². The van der Waals surface area contributed by atoms with Gasteiger partial charge in [-0.15, -0.1) is 12.4 Å². The standard InChI is InChI=1S/C15H22N6O3.ClH/c1-20-7-6-16-8-10(20)12-17-11(24-19-12)9-21-13(22)15(18-14(21)23)4-2-3-5-15;/h10,16H,2-9H2,1H3,(H,18,23);1H. The van der Waals surface area contributed by atoms with Crippen LogP contribution in [0.4, 0.5) is 4.79 Å². The molecule has 3 heterocycles. The highest BCUT2D eigenvalue weighted by Crippen LogP contribution is 2.35. The number of piperazine rings is 1. The summed E-state index contributed by atoms with van der Waals surface area (Å²) in [4.78, 5) is 32.6. The van der Waals surface area contributed by atoms with Gasteiger partial charge in [0.25, 0.3) is 5.91 Å². The summed E-state index contributed by atoms with van der Waals surface area (Å²) in [7, 11) is 2.02. The van der Waals surface area contributed by atoms with Crippen LogP contribution in [0.5, 0.6) is 0 Å². The van der Waals surface area contributed by atoms with E-state index < -0.39 is 5.54 Å². The zero-order valence-corrected chi connectivity index (χ0v) is 15.0. The molecular weight excluding hydrogens is 348 g/mol. The largest absolute Gasteiger partial charge is 0.337 e. The maximum absolute atomic E-state index is 12.6. The third kappa shape index (κ3) is 3.11. The van der Waals surface area contributed by atoms with Crippen molar-refractivity contribution in [2.24, 2.45) is 0 Å². The minimum Gasteiger partial charge on any atom is -0.337 e. The fourth-order valence-corrected chi connectivity index (χ4v) is 3.83. The minimum absolute atomic E-state index is 0. The molecular formula is C15H23ClN6O3. The first-order valence-corrected chi connectivity index (χ1v) is 8.47. The average molecular weight is 371 g/mol. The molecule has 0 aromatic carbocycles. The molecule has 4 rings (SSSR count). The highest BCUT2D eigenvalue weighted by Gasteiger charge is 2.52. The number of urea groups is 1. The van der Waals surface area contributed by atoms with Gasteiger partial charge in [-0.3, -0.25) is 14.6 Å². The van der Waals surface area contributed by atoms with Gasteiger partial charge in [-0.2, -0.15) is 4.98 Å². The second kappa shape index (κ2) is 6.89. The monoisotopic (exact) mass is 370 g/mol. The maximum Gasteiger partial charge on any atom is 0.325 e. The first kappa shape index (κ1) is 18.1. The number of rotatable bonds is 3. The Hall–Kier alpha value is -1.71. The molecule has 1 saturated carbocycles. The molecule has 10 heteroatoms. The third-order valence-corrected chi connectivity index (χ3v) is 5.29. The lowest BCUT2D eigenvalue weighted by atomic mass is 9.98. The predicted molar refractivity (Wildman–Crippen MR) is 90.1 cm³/mol. The second-order valence-corrected chi connectivity index (χ2v) is 6.86. The van der Waals surface area contributed by atoms with Crippen LogP contribution >= 0.6 is 12.4 Å². The lowest BCUT2D eigenvalue weighted by Crippen LogP contribution is -2.44. The van der Waals surface area contributed by atoms with Crippen molar-refractivity contribution in [2.45, 2.75) is 43.8 Å². The third-order valence-electron chi connectivity index (χ3n) is 5.29. The van der Waals surface area contributed by atoms with Crippen LogP contribution < -0.4 is 10.6 Å². The molecule has 0 radical (unpaired) electrons. The number of hydrogen-bond donors (Lipinski definition) is 2. The van der Waals surface area contributed by atoms with Gasteiger partial charge in [0.05, 0.1) is 6.04 Å². The van der Waals surface area contributed by atoms with Gasteiger partial charge < -0.3 is 15.2 Å². The smallest absolute Gasteiger partial charge is 0.325 e. The van der Waals surface area contributed by atoms with Crippen molar-refractivity contribution in [3.63, 3.8) is 0 Å².